The molecular weight excluding hydrogens is 338 g/mol. The third-order valence-corrected chi connectivity index (χ3v) is 4.29. The van der Waals surface area contributed by atoms with Crippen molar-refractivity contribution in [2.24, 2.45) is 0 Å². The Bertz CT molecular complexity index is 748. The van der Waals surface area contributed by atoms with Crippen molar-refractivity contribution in [1.82, 2.24) is 5.32 Å². The summed E-state index contributed by atoms with van der Waals surface area (Å²) >= 11 is 0. The predicted molar refractivity (Wildman–Crippen MR) is 108 cm³/mol. The van der Waals surface area contributed by atoms with Gasteiger partial charge in [0.1, 0.15) is 5.75 Å². The fourth-order valence-corrected chi connectivity index (χ4v) is 2.68. The molecule has 4 heteroatoms. The molecule has 0 unspecified atom stereocenters. The van der Waals surface area contributed by atoms with E-state index in [2.05, 4.69) is 18.8 Å². The van der Waals surface area contributed by atoms with Crippen molar-refractivity contribution >= 4 is 11.9 Å². The second-order valence-electron chi connectivity index (χ2n) is 6.43. The molecule has 0 radical (unpaired) electrons. The fourth-order valence-electron chi connectivity index (χ4n) is 2.68. The number of carbonyl (C=O) groups excluding carboxylic acids is 2. The summed E-state index contributed by atoms with van der Waals surface area (Å²) in [5.41, 5.74) is 2.84. The largest absolute Gasteiger partial charge is 0.423 e. The van der Waals surface area contributed by atoms with Gasteiger partial charge in [-0.2, -0.15) is 0 Å². The zero-order valence-corrected chi connectivity index (χ0v) is 15.9. The SMILES string of the molecule is C=CC(=O)NCCc1ccc(OC(=O)c2ccc(CCCCC)cc2)cc1. The minimum atomic E-state index is -0.360. The van der Waals surface area contributed by atoms with Crippen molar-refractivity contribution in [3.8, 4) is 5.75 Å². The van der Waals surface area contributed by atoms with E-state index >= 15 is 0 Å². The van der Waals surface area contributed by atoms with E-state index in [0.717, 1.165) is 12.0 Å². The molecule has 142 valence electrons. The molecule has 0 aliphatic carbocycles. The van der Waals surface area contributed by atoms with Crippen LogP contribution in [0.15, 0.2) is 61.2 Å². The molecule has 4 nitrogen and oxygen atoms in total. The van der Waals surface area contributed by atoms with Gasteiger partial charge in [-0.25, -0.2) is 4.79 Å². The quantitative estimate of drug-likeness (QED) is 0.292. The molecule has 2 rings (SSSR count). The van der Waals surface area contributed by atoms with Crippen molar-refractivity contribution in [3.63, 3.8) is 0 Å². The highest BCUT2D eigenvalue weighted by Crippen LogP contribution is 2.16. The molecule has 2 aromatic rings. The van der Waals surface area contributed by atoms with Crippen LogP contribution >= 0.6 is 0 Å². The maximum absolute atomic E-state index is 12.3. The van der Waals surface area contributed by atoms with Crippen LogP contribution in [0.2, 0.25) is 0 Å². The van der Waals surface area contributed by atoms with E-state index in [1.807, 2.05) is 36.4 Å². The van der Waals surface area contributed by atoms with Gasteiger partial charge in [0, 0.05) is 6.54 Å². The van der Waals surface area contributed by atoms with Gasteiger partial charge in [-0.1, -0.05) is 50.6 Å². The maximum atomic E-state index is 12.3. The summed E-state index contributed by atoms with van der Waals surface area (Å²) in [6.07, 6.45) is 6.59. The van der Waals surface area contributed by atoms with Crippen LogP contribution in [0.25, 0.3) is 0 Å². The smallest absolute Gasteiger partial charge is 0.343 e. The Morgan fingerprint density at radius 3 is 2.22 bits per heavy atom. The predicted octanol–water partition coefficient (Wildman–Crippen LogP) is 4.48. The number of hydrogen-bond donors (Lipinski definition) is 1. The number of esters is 1. The minimum absolute atomic E-state index is 0.183. The summed E-state index contributed by atoms with van der Waals surface area (Å²) in [6.45, 7) is 6.13. The molecule has 0 spiro atoms. The lowest BCUT2D eigenvalue weighted by molar-refractivity contribution is -0.116. The summed E-state index contributed by atoms with van der Waals surface area (Å²) < 4.78 is 5.43. The highest BCUT2D eigenvalue weighted by atomic mass is 16.5. The normalized spacial score (nSPS) is 10.3. The number of nitrogens with one attached hydrogen (secondary N) is 1. The lowest BCUT2D eigenvalue weighted by Gasteiger charge is -2.07. The van der Waals surface area contributed by atoms with Gasteiger partial charge in [0.2, 0.25) is 5.91 Å². The number of benzene rings is 2. The summed E-state index contributed by atoms with van der Waals surface area (Å²) in [4.78, 5) is 23.4. The number of aryl methyl sites for hydroxylation is 1. The lowest BCUT2D eigenvalue weighted by atomic mass is 10.1. The molecule has 0 atom stereocenters. The molecule has 0 aromatic heterocycles. The minimum Gasteiger partial charge on any atom is -0.423 e. The molecule has 0 saturated carbocycles. The number of carbonyl (C=O) groups is 2. The van der Waals surface area contributed by atoms with Crippen molar-refractivity contribution in [2.45, 2.75) is 39.0 Å². The summed E-state index contributed by atoms with van der Waals surface area (Å²) in [6, 6.07) is 14.9. The van der Waals surface area contributed by atoms with Gasteiger partial charge >= 0.3 is 5.97 Å². The highest BCUT2D eigenvalue weighted by Gasteiger charge is 2.08. The number of ether oxygens (including phenoxy) is 1. The molecule has 0 fully saturated rings. The molecule has 27 heavy (non-hydrogen) atoms. The molecule has 1 N–H and O–H groups in total. The molecular formula is C23H27NO3. The Morgan fingerprint density at radius 2 is 1.59 bits per heavy atom. The van der Waals surface area contributed by atoms with E-state index in [-0.39, 0.29) is 11.9 Å². The van der Waals surface area contributed by atoms with Crippen LogP contribution in [0.4, 0.5) is 0 Å². The summed E-state index contributed by atoms with van der Waals surface area (Å²) in [5, 5.41) is 2.73. The van der Waals surface area contributed by atoms with E-state index in [1.165, 1.54) is 30.9 Å². The van der Waals surface area contributed by atoms with Crippen LogP contribution in [-0.2, 0) is 17.6 Å². The Morgan fingerprint density at radius 1 is 0.963 bits per heavy atom. The van der Waals surface area contributed by atoms with Crippen molar-refractivity contribution in [2.75, 3.05) is 6.54 Å². The Labute approximate surface area is 161 Å². The molecule has 0 heterocycles. The van der Waals surface area contributed by atoms with E-state index < -0.39 is 0 Å². The third kappa shape index (κ3) is 7.10. The molecule has 1 amide bonds. The monoisotopic (exact) mass is 365 g/mol. The van der Waals surface area contributed by atoms with Gasteiger partial charge in [0.15, 0.2) is 0 Å². The van der Waals surface area contributed by atoms with Crippen LogP contribution in [-0.4, -0.2) is 18.4 Å². The van der Waals surface area contributed by atoms with Crippen LogP contribution in [0.5, 0.6) is 5.75 Å². The van der Waals surface area contributed by atoms with Gasteiger partial charge in [-0.05, 0) is 60.7 Å². The summed E-state index contributed by atoms with van der Waals surface area (Å²) in [5.74, 6) is -0.0380. The summed E-state index contributed by atoms with van der Waals surface area (Å²) in [7, 11) is 0. The maximum Gasteiger partial charge on any atom is 0.343 e. The van der Waals surface area contributed by atoms with Crippen LogP contribution in [0.1, 0.15) is 47.7 Å². The van der Waals surface area contributed by atoms with Crippen molar-refractivity contribution in [1.29, 1.82) is 0 Å². The van der Waals surface area contributed by atoms with E-state index in [4.69, 9.17) is 4.74 Å². The number of amides is 1. The first-order valence-corrected chi connectivity index (χ1v) is 9.42. The van der Waals surface area contributed by atoms with Crippen LogP contribution in [0.3, 0.4) is 0 Å². The first-order chi connectivity index (χ1) is 13.1. The first-order valence-electron chi connectivity index (χ1n) is 9.42. The molecule has 0 aliphatic heterocycles. The second kappa shape index (κ2) is 11.0. The van der Waals surface area contributed by atoms with Gasteiger partial charge in [-0.15, -0.1) is 0 Å². The zero-order valence-electron chi connectivity index (χ0n) is 15.9. The Balaban J connectivity index is 1.84. The third-order valence-electron chi connectivity index (χ3n) is 4.29. The first kappa shape index (κ1) is 20.4. The number of rotatable bonds is 10. The average molecular weight is 365 g/mol. The van der Waals surface area contributed by atoms with Gasteiger partial charge in [0.05, 0.1) is 5.56 Å². The number of unbranched alkanes of at least 4 members (excludes halogenated alkanes) is 2. The molecule has 0 aliphatic rings. The van der Waals surface area contributed by atoms with Crippen molar-refractivity contribution < 1.29 is 14.3 Å². The zero-order chi connectivity index (χ0) is 19.5. The Kier molecular flexibility index (Phi) is 8.30. The lowest BCUT2D eigenvalue weighted by Crippen LogP contribution is -2.23. The van der Waals surface area contributed by atoms with Crippen LogP contribution < -0.4 is 10.1 Å². The Hall–Kier alpha value is -2.88. The topological polar surface area (TPSA) is 55.4 Å². The van der Waals surface area contributed by atoms with E-state index in [9.17, 15) is 9.59 Å². The van der Waals surface area contributed by atoms with Gasteiger partial charge < -0.3 is 10.1 Å². The van der Waals surface area contributed by atoms with E-state index in [0.29, 0.717) is 24.3 Å². The molecule has 2 aromatic carbocycles. The number of hydrogen-bond acceptors (Lipinski definition) is 3. The van der Waals surface area contributed by atoms with Gasteiger partial charge in [-0.3, -0.25) is 4.79 Å². The fraction of sp³-hybridized carbons (Fsp3) is 0.304. The molecule has 0 bridgehead atoms. The van der Waals surface area contributed by atoms with E-state index in [1.54, 1.807) is 12.1 Å². The standard InChI is InChI=1S/C23H27NO3/c1-3-5-6-7-18-8-12-20(13-9-18)23(26)27-21-14-10-19(11-15-21)16-17-24-22(25)4-2/h4,8-15H,2-3,5-7,16-17H2,1H3,(H,24,25). The second-order valence-corrected chi connectivity index (χ2v) is 6.43. The highest BCUT2D eigenvalue weighted by molar-refractivity contribution is 5.91. The average Bonchev–Trinajstić information content (AvgIpc) is 2.70. The van der Waals surface area contributed by atoms with Gasteiger partial charge in [0.25, 0.3) is 0 Å². The van der Waals surface area contributed by atoms with Crippen molar-refractivity contribution in [3.05, 3.63) is 77.9 Å². The van der Waals surface area contributed by atoms with Crippen LogP contribution in [0, 0.1) is 0 Å². The molecule has 0 saturated heterocycles.